The number of carbonyl (C=O) groups is 2. The molecule has 0 bridgehead atoms. The van der Waals surface area contributed by atoms with Crippen LogP contribution in [0.15, 0.2) is 53.0 Å². The maximum atomic E-state index is 13.1. The van der Waals surface area contributed by atoms with Crippen molar-refractivity contribution < 1.29 is 9.59 Å². The molecule has 2 aromatic carbocycles. The van der Waals surface area contributed by atoms with Crippen LogP contribution in [0.1, 0.15) is 52.8 Å². The number of carbonyl (C=O) groups excluding carboxylic acids is 2. The van der Waals surface area contributed by atoms with E-state index in [1.54, 1.807) is 36.4 Å². The number of rotatable bonds is 4. The van der Waals surface area contributed by atoms with Crippen molar-refractivity contribution in [2.45, 2.75) is 38.1 Å². The molecule has 2 amide bonds. The van der Waals surface area contributed by atoms with E-state index >= 15 is 0 Å². The monoisotopic (exact) mass is 473 g/mol. The highest BCUT2D eigenvalue weighted by molar-refractivity contribution is 9.10. The molecule has 0 unspecified atom stereocenters. The third kappa shape index (κ3) is 5.64. The smallest absolute Gasteiger partial charge is 0.257 e. The second kappa shape index (κ2) is 9.98. The third-order valence-corrected chi connectivity index (χ3v) is 5.91. The van der Waals surface area contributed by atoms with Gasteiger partial charge in [-0.3, -0.25) is 14.9 Å². The van der Waals surface area contributed by atoms with E-state index in [1.165, 1.54) is 6.42 Å². The van der Waals surface area contributed by atoms with Crippen molar-refractivity contribution in [1.82, 2.24) is 10.2 Å². The van der Waals surface area contributed by atoms with Crippen LogP contribution in [-0.4, -0.2) is 34.9 Å². The van der Waals surface area contributed by atoms with Crippen molar-refractivity contribution in [3.8, 4) is 0 Å². The Labute approximate surface area is 185 Å². The highest BCUT2D eigenvalue weighted by Gasteiger charge is 2.24. The quantitative estimate of drug-likeness (QED) is 0.614. The second-order valence-electron chi connectivity index (χ2n) is 7.17. The zero-order valence-electron chi connectivity index (χ0n) is 16.3. The van der Waals surface area contributed by atoms with E-state index in [-0.39, 0.29) is 23.0 Å². The largest absolute Gasteiger partial charge is 0.339 e. The Bertz CT molecular complexity index is 895. The normalized spacial score (nSPS) is 14.1. The van der Waals surface area contributed by atoms with Gasteiger partial charge in [0.25, 0.3) is 11.8 Å². The second-order valence-corrected chi connectivity index (χ2v) is 8.49. The van der Waals surface area contributed by atoms with Gasteiger partial charge in [0, 0.05) is 23.1 Å². The van der Waals surface area contributed by atoms with Crippen LogP contribution in [0.2, 0.25) is 0 Å². The summed E-state index contributed by atoms with van der Waals surface area (Å²) >= 11 is 8.64. The molecule has 1 aliphatic carbocycles. The van der Waals surface area contributed by atoms with Crippen LogP contribution in [0.25, 0.3) is 0 Å². The van der Waals surface area contributed by atoms with E-state index in [1.807, 2.05) is 24.1 Å². The maximum absolute atomic E-state index is 13.1. The highest BCUT2D eigenvalue weighted by Crippen LogP contribution is 2.25. The van der Waals surface area contributed by atoms with Gasteiger partial charge < -0.3 is 10.2 Å². The fraction of sp³-hybridized carbons (Fsp3) is 0.318. The molecule has 29 heavy (non-hydrogen) atoms. The number of hydrogen-bond donors (Lipinski definition) is 2. The van der Waals surface area contributed by atoms with Gasteiger partial charge in [-0.05, 0) is 61.5 Å². The molecule has 1 saturated carbocycles. The summed E-state index contributed by atoms with van der Waals surface area (Å²) in [6, 6.07) is 14.5. The Kier molecular flexibility index (Phi) is 7.39. The molecule has 0 atom stereocenters. The van der Waals surface area contributed by atoms with Crippen molar-refractivity contribution in [3.63, 3.8) is 0 Å². The third-order valence-electron chi connectivity index (χ3n) is 5.18. The van der Waals surface area contributed by atoms with E-state index in [0.29, 0.717) is 16.8 Å². The average Bonchev–Trinajstić information content (AvgIpc) is 2.74. The van der Waals surface area contributed by atoms with Crippen LogP contribution in [0.5, 0.6) is 0 Å². The van der Waals surface area contributed by atoms with Gasteiger partial charge in [0.05, 0.1) is 11.3 Å². The van der Waals surface area contributed by atoms with Gasteiger partial charge in [-0.2, -0.15) is 0 Å². The van der Waals surface area contributed by atoms with Crippen molar-refractivity contribution in [1.29, 1.82) is 0 Å². The molecular weight excluding hydrogens is 450 g/mol. The van der Waals surface area contributed by atoms with Crippen molar-refractivity contribution in [2.75, 3.05) is 12.4 Å². The molecule has 0 aromatic heterocycles. The number of para-hydroxylation sites is 1. The first kappa shape index (κ1) is 21.5. The van der Waals surface area contributed by atoms with Gasteiger partial charge in [0.2, 0.25) is 0 Å². The number of amides is 2. The van der Waals surface area contributed by atoms with Gasteiger partial charge in [-0.15, -0.1) is 0 Å². The van der Waals surface area contributed by atoms with Gasteiger partial charge in [-0.25, -0.2) is 0 Å². The molecule has 3 rings (SSSR count). The lowest BCUT2D eigenvalue weighted by molar-refractivity contribution is 0.0697. The zero-order chi connectivity index (χ0) is 20.8. The summed E-state index contributed by atoms with van der Waals surface area (Å²) in [6.45, 7) is 0. The predicted octanol–water partition coefficient (Wildman–Crippen LogP) is 4.98. The minimum absolute atomic E-state index is 0.0398. The molecule has 0 aliphatic heterocycles. The highest BCUT2D eigenvalue weighted by atomic mass is 79.9. The number of halogens is 1. The number of nitrogens with one attached hydrogen (secondary N) is 2. The topological polar surface area (TPSA) is 61.4 Å². The molecule has 5 nitrogen and oxygen atoms in total. The van der Waals surface area contributed by atoms with E-state index in [4.69, 9.17) is 12.2 Å². The molecule has 2 N–H and O–H groups in total. The summed E-state index contributed by atoms with van der Waals surface area (Å²) in [4.78, 5) is 27.3. The molecule has 0 spiro atoms. The lowest BCUT2D eigenvalue weighted by Gasteiger charge is -2.31. The van der Waals surface area contributed by atoms with Crippen LogP contribution in [-0.2, 0) is 0 Å². The molecule has 0 radical (unpaired) electrons. The molecule has 0 heterocycles. The Morgan fingerprint density at radius 3 is 2.38 bits per heavy atom. The van der Waals surface area contributed by atoms with Gasteiger partial charge in [0.15, 0.2) is 5.11 Å². The first-order valence-corrected chi connectivity index (χ1v) is 10.9. The van der Waals surface area contributed by atoms with Crippen LogP contribution < -0.4 is 10.6 Å². The van der Waals surface area contributed by atoms with Crippen LogP contribution in [0.4, 0.5) is 5.69 Å². The molecule has 1 fully saturated rings. The molecule has 0 saturated heterocycles. The van der Waals surface area contributed by atoms with Gasteiger partial charge in [0.1, 0.15) is 0 Å². The molecule has 2 aromatic rings. The van der Waals surface area contributed by atoms with E-state index < -0.39 is 0 Å². The summed E-state index contributed by atoms with van der Waals surface area (Å²) in [5.41, 5.74) is 1.63. The standard InChI is InChI=1S/C22H24BrN3O2S/c1-26(17-7-3-2-4-8-17)21(28)18-9-5-6-10-19(18)24-22(29)25-20(27)15-11-13-16(23)14-12-15/h5-6,9-14,17H,2-4,7-8H2,1H3,(H2,24,25,27,29). The van der Waals surface area contributed by atoms with E-state index in [9.17, 15) is 9.59 Å². The molecular formula is C22H24BrN3O2S. The van der Waals surface area contributed by atoms with Crippen molar-refractivity contribution in [3.05, 3.63) is 64.1 Å². The summed E-state index contributed by atoms with van der Waals surface area (Å²) in [6.07, 6.45) is 5.64. The number of anilines is 1. The molecule has 152 valence electrons. The SMILES string of the molecule is CN(C(=O)c1ccccc1NC(=S)NC(=O)c1ccc(Br)cc1)C1CCCCC1. The summed E-state index contributed by atoms with van der Waals surface area (Å²) in [5.74, 6) is -0.347. The first-order valence-electron chi connectivity index (χ1n) is 9.70. The van der Waals surface area contributed by atoms with Gasteiger partial charge in [-0.1, -0.05) is 47.3 Å². The number of nitrogens with zero attached hydrogens (tertiary/aromatic N) is 1. The summed E-state index contributed by atoms with van der Waals surface area (Å²) < 4.78 is 0.893. The predicted molar refractivity (Wildman–Crippen MR) is 123 cm³/mol. The van der Waals surface area contributed by atoms with Crippen molar-refractivity contribution >= 4 is 50.8 Å². The van der Waals surface area contributed by atoms with E-state index in [2.05, 4.69) is 26.6 Å². The van der Waals surface area contributed by atoms with Crippen LogP contribution in [0.3, 0.4) is 0 Å². The van der Waals surface area contributed by atoms with Gasteiger partial charge >= 0.3 is 0 Å². The number of thiocarbonyl (C=S) groups is 1. The number of hydrogen-bond acceptors (Lipinski definition) is 3. The first-order chi connectivity index (χ1) is 14.0. The number of benzene rings is 2. The minimum atomic E-state index is -0.307. The summed E-state index contributed by atoms with van der Waals surface area (Å²) in [7, 11) is 1.86. The maximum Gasteiger partial charge on any atom is 0.257 e. The Morgan fingerprint density at radius 2 is 1.69 bits per heavy atom. The molecule has 1 aliphatic rings. The Morgan fingerprint density at radius 1 is 1.03 bits per heavy atom. The summed E-state index contributed by atoms with van der Waals surface area (Å²) in [5, 5.41) is 5.82. The Hall–Kier alpha value is -2.25. The van der Waals surface area contributed by atoms with Crippen molar-refractivity contribution in [2.24, 2.45) is 0 Å². The van der Waals surface area contributed by atoms with E-state index in [0.717, 1.165) is 30.2 Å². The lowest BCUT2D eigenvalue weighted by atomic mass is 9.94. The van der Waals surface area contributed by atoms with Crippen LogP contribution >= 0.6 is 28.1 Å². The Balaban J connectivity index is 1.68. The molecule has 7 heteroatoms. The fourth-order valence-electron chi connectivity index (χ4n) is 3.53. The van der Waals surface area contributed by atoms with Crippen LogP contribution in [0, 0.1) is 0 Å². The average molecular weight is 474 g/mol. The minimum Gasteiger partial charge on any atom is -0.339 e. The fourth-order valence-corrected chi connectivity index (χ4v) is 4.00. The lowest BCUT2D eigenvalue weighted by Crippen LogP contribution is -2.39. The zero-order valence-corrected chi connectivity index (χ0v) is 18.7.